The molecule has 20 heavy (non-hydrogen) atoms. The molecular formula is C14H16Cl3NO2. The maximum atomic E-state index is 10.8. The van der Waals surface area contributed by atoms with E-state index in [9.17, 15) is 5.11 Å². The van der Waals surface area contributed by atoms with Crippen LogP contribution in [0, 0.1) is 0 Å². The van der Waals surface area contributed by atoms with Gasteiger partial charge in [-0.15, -0.1) is 0 Å². The second kappa shape index (κ2) is 5.74. The molecule has 0 aliphatic heterocycles. The maximum absolute atomic E-state index is 10.8. The molecule has 2 atom stereocenters. The summed E-state index contributed by atoms with van der Waals surface area (Å²) in [5.41, 5.74) is 0.222. The van der Waals surface area contributed by atoms with Gasteiger partial charge >= 0.3 is 0 Å². The lowest BCUT2D eigenvalue weighted by molar-refractivity contribution is 0.0151. The molecule has 0 aliphatic carbocycles. The van der Waals surface area contributed by atoms with Gasteiger partial charge in [-0.3, -0.25) is 0 Å². The third kappa shape index (κ3) is 3.41. The zero-order valence-corrected chi connectivity index (χ0v) is 13.4. The fraction of sp³-hybridized carbons (Fsp3) is 0.429. The van der Waals surface area contributed by atoms with Crippen molar-refractivity contribution in [3.05, 3.63) is 36.1 Å². The van der Waals surface area contributed by atoms with Crippen molar-refractivity contribution in [1.29, 1.82) is 0 Å². The Balaban J connectivity index is 2.35. The normalized spacial score (nSPS) is 17.1. The molecule has 0 saturated heterocycles. The summed E-state index contributed by atoms with van der Waals surface area (Å²) >= 11 is 17.5. The second-order valence-corrected chi connectivity index (χ2v) is 7.50. The molecule has 2 aromatic rings. The number of furan rings is 1. The highest BCUT2D eigenvalue weighted by molar-refractivity contribution is 6.67. The van der Waals surface area contributed by atoms with Crippen molar-refractivity contribution < 1.29 is 9.52 Å². The van der Waals surface area contributed by atoms with Crippen LogP contribution in [0.2, 0.25) is 0 Å². The van der Waals surface area contributed by atoms with Gasteiger partial charge in [0.25, 0.3) is 0 Å². The number of rotatable bonds is 4. The van der Waals surface area contributed by atoms with Crippen LogP contribution in [-0.4, -0.2) is 22.0 Å². The second-order valence-electron chi connectivity index (χ2n) is 4.98. The number of alkyl halides is 3. The SMILES string of the molecule is CNC(CC(Cl)(Cl)Cl)C(C)(O)c1ccc2ccoc2c1. The average Bonchev–Trinajstić information content (AvgIpc) is 2.81. The molecular weight excluding hydrogens is 321 g/mol. The highest BCUT2D eigenvalue weighted by Gasteiger charge is 2.38. The summed E-state index contributed by atoms with van der Waals surface area (Å²) in [7, 11) is 1.72. The van der Waals surface area contributed by atoms with Gasteiger partial charge in [0, 0.05) is 17.8 Å². The van der Waals surface area contributed by atoms with Crippen LogP contribution in [0.15, 0.2) is 34.9 Å². The average molecular weight is 337 g/mol. The minimum absolute atomic E-state index is 0.178. The van der Waals surface area contributed by atoms with Gasteiger partial charge < -0.3 is 14.8 Å². The number of nitrogens with one attached hydrogen (secondary N) is 1. The molecule has 0 amide bonds. The summed E-state index contributed by atoms with van der Waals surface area (Å²) < 4.78 is 3.92. The largest absolute Gasteiger partial charge is 0.464 e. The molecule has 110 valence electrons. The zero-order chi connectivity index (χ0) is 15.0. The van der Waals surface area contributed by atoms with E-state index in [-0.39, 0.29) is 6.42 Å². The summed E-state index contributed by atoms with van der Waals surface area (Å²) in [6.07, 6.45) is 1.79. The minimum atomic E-state index is -1.44. The minimum Gasteiger partial charge on any atom is -0.464 e. The Morgan fingerprint density at radius 2 is 2.00 bits per heavy atom. The Hall–Kier alpha value is -0.450. The number of hydrogen-bond acceptors (Lipinski definition) is 3. The van der Waals surface area contributed by atoms with Gasteiger partial charge in [0.2, 0.25) is 0 Å². The van der Waals surface area contributed by atoms with E-state index < -0.39 is 15.4 Å². The number of halogens is 3. The first-order valence-electron chi connectivity index (χ1n) is 6.18. The van der Waals surface area contributed by atoms with Crippen LogP contribution in [0.5, 0.6) is 0 Å². The van der Waals surface area contributed by atoms with Gasteiger partial charge in [-0.05, 0) is 31.7 Å². The van der Waals surface area contributed by atoms with E-state index in [2.05, 4.69) is 5.32 Å². The molecule has 2 N–H and O–H groups in total. The summed E-state index contributed by atoms with van der Waals surface area (Å²) in [5, 5.41) is 14.8. The van der Waals surface area contributed by atoms with E-state index >= 15 is 0 Å². The number of fused-ring (bicyclic) bond motifs is 1. The van der Waals surface area contributed by atoms with Crippen molar-refractivity contribution in [2.75, 3.05) is 7.05 Å². The predicted octanol–water partition coefficient (Wildman–Crippen LogP) is 3.99. The van der Waals surface area contributed by atoms with E-state index in [1.807, 2.05) is 18.2 Å². The van der Waals surface area contributed by atoms with Crippen molar-refractivity contribution in [3.8, 4) is 0 Å². The van der Waals surface area contributed by atoms with Crippen LogP contribution in [0.3, 0.4) is 0 Å². The van der Waals surface area contributed by atoms with E-state index in [0.717, 1.165) is 5.39 Å². The summed E-state index contributed by atoms with van der Waals surface area (Å²) in [4.78, 5) is 0. The number of aliphatic hydroxyl groups is 1. The van der Waals surface area contributed by atoms with Crippen LogP contribution in [0.4, 0.5) is 0 Å². The van der Waals surface area contributed by atoms with Crippen molar-refractivity contribution in [3.63, 3.8) is 0 Å². The number of benzene rings is 1. The van der Waals surface area contributed by atoms with Crippen LogP contribution >= 0.6 is 34.8 Å². The number of likely N-dealkylation sites (N-methyl/N-ethyl adjacent to an activating group) is 1. The molecule has 0 bridgehead atoms. The molecule has 3 nitrogen and oxygen atoms in total. The standard InChI is InChI=1S/C14H16Cl3NO2/c1-13(19,12(18-2)8-14(15,16)17)10-4-3-9-5-6-20-11(9)7-10/h3-7,12,18-19H,8H2,1-2H3. The molecule has 2 unspecified atom stereocenters. The Morgan fingerprint density at radius 3 is 2.60 bits per heavy atom. The molecule has 1 aromatic heterocycles. The monoisotopic (exact) mass is 335 g/mol. The predicted molar refractivity (Wildman–Crippen MR) is 83.5 cm³/mol. The number of hydrogen-bond donors (Lipinski definition) is 2. The Labute approximate surface area is 132 Å². The van der Waals surface area contributed by atoms with Gasteiger partial charge in [0.1, 0.15) is 11.2 Å². The van der Waals surface area contributed by atoms with E-state index in [0.29, 0.717) is 11.1 Å². The third-order valence-corrected chi connectivity index (χ3v) is 3.97. The lowest BCUT2D eigenvalue weighted by Crippen LogP contribution is -2.47. The van der Waals surface area contributed by atoms with Crippen LogP contribution in [0.1, 0.15) is 18.9 Å². The quantitative estimate of drug-likeness (QED) is 0.830. The Kier molecular flexibility index (Phi) is 4.57. The Bertz CT molecular complexity index is 589. The van der Waals surface area contributed by atoms with Crippen molar-refractivity contribution in [2.45, 2.75) is 28.8 Å². The first-order chi connectivity index (χ1) is 9.24. The van der Waals surface area contributed by atoms with Gasteiger partial charge in [-0.2, -0.15) is 0 Å². The molecule has 6 heteroatoms. The molecule has 0 fully saturated rings. The van der Waals surface area contributed by atoms with Gasteiger partial charge in [0.05, 0.1) is 6.26 Å². The smallest absolute Gasteiger partial charge is 0.192 e. The van der Waals surface area contributed by atoms with E-state index in [1.165, 1.54) is 0 Å². The third-order valence-electron chi connectivity index (χ3n) is 3.50. The topological polar surface area (TPSA) is 45.4 Å². The lowest BCUT2D eigenvalue weighted by atomic mass is 9.86. The van der Waals surface area contributed by atoms with E-state index in [1.54, 1.807) is 26.3 Å². The molecule has 1 heterocycles. The van der Waals surface area contributed by atoms with Gasteiger partial charge in [-0.25, -0.2) is 0 Å². The van der Waals surface area contributed by atoms with Crippen molar-refractivity contribution >= 4 is 45.8 Å². The lowest BCUT2D eigenvalue weighted by Gasteiger charge is -2.35. The fourth-order valence-electron chi connectivity index (χ4n) is 2.28. The molecule has 0 radical (unpaired) electrons. The molecule has 1 aromatic carbocycles. The van der Waals surface area contributed by atoms with Crippen LogP contribution in [-0.2, 0) is 5.60 Å². The van der Waals surface area contributed by atoms with Crippen LogP contribution in [0.25, 0.3) is 11.0 Å². The Morgan fingerprint density at radius 1 is 1.30 bits per heavy atom. The molecule has 0 aliphatic rings. The molecule has 0 spiro atoms. The fourth-order valence-corrected chi connectivity index (χ4v) is 2.75. The van der Waals surface area contributed by atoms with Gasteiger partial charge in [-0.1, -0.05) is 46.9 Å². The summed E-state index contributed by atoms with van der Waals surface area (Å²) in [6, 6.07) is 7.00. The summed E-state index contributed by atoms with van der Waals surface area (Å²) in [5.74, 6) is 0. The van der Waals surface area contributed by atoms with Gasteiger partial charge in [0.15, 0.2) is 3.79 Å². The van der Waals surface area contributed by atoms with Crippen molar-refractivity contribution in [2.24, 2.45) is 0 Å². The highest BCUT2D eigenvalue weighted by atomic mass is 35.6. The first-order valence-corrected chi connectivity index (χ1v) is 7.31. The molecule has 0 saturated carbocycles. The van der Waals surface area contributed by atoms with E-state index in [4.69, 9.17) is 39.2 Å². The highest BCUT2D eigenvalue weighted by Crippen LogP contribution is 2.37. The van der Waals surface area contributed by atoms with Crippen molar-refractivity contribution in [1.82, 2.24) is 5.32 Å². The molecule has 2 rings (SSSR count). The zero-order valence-electron chi connectivity index (χ0n) is 11.2. The summed E-state index contributed by atoms with van der Waals surface area (Å²) in [6.45, 7) is 1.69. The van der Waals surface area contributed by atoms with Crippen LogP contribution < -0.4 is 5.32 Å². The maximum Gasteiger partial charge on any atom is 0.192 e. The first kappa shape index (κ1) is 15.9.